The Labute approximate surface area is 121 Å². The van der Waals surface area contributed by atoms with E-state index in [2.05, 4.69) is 10.5 Å². The Morgan fingerprint density at radius 1 is 1.38 bits per heavy atom. The summed E-state index contributed by atoms with van der Waals surface area (Å²) in [4.78, 5) is 22.9. The van der Waals surface area contributed by atoms with E-state index in [1.165, 1.54) is 0 Å². The number of carboxylic acid groups (broad SMARTS) is 1. The van der Waals surface area contributed by atoms with Gasteiger partial charge in [-0.25, -0.2) is 0 Å². The largest absolute Gasteiger partial charge is 0.481 e. The molecule has 0 radical (unpaired) electrons. The van der Waals surface area contributed by atoms with Gasteiger partial charge in [0.1, 0.15) is 5.69 Å². The summed E-state index contributed by atoms with van der Waals surface area (Å²) >= 11 is 0. The first-order chi connectivity index (χ1) is 10.1. The van der Waals surface area contributed by atoms with Crippen molar-refractivity contribution in [2.24, 2.45) is 5.92 Å². The quantitative estimate of drug-likeness (QED) is 0.844. The monoisotopic (exact) mass is 288 g/mol. The minimum atomic E-state index is -0.890. The van der Waals surface area contributed by atoms with Gasteiger partial charge < -0.3 is 14.9 Å². The van der Waals surface area contributed by atoms with Gasteiger partial charge in [0.2, 0.25) is 5.91 Å². The number of hydrogen-bond donors (Lipinski definition) is 2. The Hall–Kier alpha value is -2.37. The summed E-state index contributed by atoms with van der Waals surface area (Å²) in [7, 11) is 0. The van der Waals surface area contributed by atoms with Crippen molar-refractivity contribution >= 4 is 22.8 Å². The second kappa shape index (κ2) is 5.55. The standard InChI is InChI=1S/C15H16N2O4/c18-14(16-11(8-15(19)20)9-5-6-9)7-12-10-3-1-2-4-13(10)21-17-12/h1-4,9,11H,5-8H2,(H,16,18)(H,19,20). The molecule has 0 aliphatic heterocycles. The van der Waals surface area contributed by atoms with Crippen LogP contribution in [0.2, 0.25) is 0 Å². The van der Waals surface area contributed by atoms with Crippen LogP contribution in [0.1, 0.15) is 25.0 Å². The third-order valence-electron chi connectivity index (χ3n) is 3.71. The fraction of sp³-hybridized carbons (Fsp3) is 0.400. The number of rotatable bonds is 6. The zero-order chi connectivity index (χ0) is 14.8. The molecule has 1 atom stereocenters. The second-order valence-electron chi connectivity index (χ2n) is 5.41. The van der Waals surface area contributed by atoms with Crippen LogP contribution >= 0.6 is 0 Å². The number of carboxylic acids is 1. The molecule has 0 saturated heterocycles. The van der Waals surface area contributed by atoms with E-state index >= 15 is 0 Å². The minimum absolute atomic E-state index is 0.0318. The lowest BCUT2D eigenvalue weighted by molar-refractivity contribution is -0.137. The van der Waals surface area contributed by atoms with Crippen molar-refractivity contribution in [1.29, 1.82) is 0 Å². The summed E-state index contributed by atoms with van der Waals surface area (Å²) in [6, 6.07) is 7.06. The lowest BCUT2D eigenvalue weighted by Gasteiger charge is -2.15. The molecule has 1 amide bonds. The molecule has 1 fully saturated rings. The van der Waals surface area contributed by atoms with E-state index in [4.69, 9.17) is 9.63 Å². The zero-order valence-electron chi connectivity index (χ0n) is 11.4. The first-order valence-electron chi connectivity index (χ1n) is 6.98. The van der Waals surface area contributed by atoms with Gasteiger partial charge in [-0.1, -0.05) is 17.3 Å². The summed E-state index contributed by atoms with van der Waals surface area (Å²) in [5.41, 5.74) is 1.22. The molecule has 3 rings (SSSR count). The van der Waals surface area contributed by atoms with Gasteiger partial charge in [0, 0.05) is 11.4 Å². The Morgan fingerprint density at radius 3 is 2.86 bits per heavy atom. The smallest absolute Gasteiger partial charge is 0.305 e. The van der Waals surface area contributed by atoms with Crippen molar-refractivity contribution in [3.63, 3.8) is 0 Å². The number of para-hydroxylation sites is 1. The average Bonchev–Trinajstić information content (AvgIpc) is 3.21. The molecule has 6 heteroatoms. The van der Waals surface area contributed by atoms with E-state index in [1.807, 2.05) is 18.2 Å². The van der Waals surface area contributed by atoms with E-state index in [1.54, 1.807) is 6.07 Å². The van der Waals surface area contributed by atoms with Gasteiger partial charge in [-0.15, -0.1) is 0 Å². The number of fused-ring (bicyclic) bond motifs is 1. The molecule has 1 unspecified atom stereocenters. The first-order valence-corrected chi connectivity index (χ1v) is 6.98. The molecule has 0 spiro atoms. The maximum atomic E-state index is 12.1. The molecule has 1 heterocycles. The molecule has 0 bridgehead atoms. The Kier molecular flexibility index (Phi) is 3.60. The van der Waals surface area contributed by atoms with Gasteiger partial charge in [0.25, 0.3) is 0 Å². The van der Waals surface area contributed by atoms with E-state index < -0.39 is 5.97 Å². The Balaban J connectivity index is 1.66. The maximum Gasteiger partial charge on any atom is 0.305 e. The van der Waals surface area contributed by atoms with Crippen molar-refractivity contribution in [2.75, 3.05) is 0 Å². The summed E-state index contributed by atoms with van der Waals surface area (Å²) in [6.07, 6.45) is 2.02. The third-order valence-corrected chi connectivity index (χ3v) is 3.71. The molecule has 1 aromatic carbocycles. The summed E-state index contributed by atoms with van der Waals surface area (Å²) in [5.74, 6) is -0.814. The van der Waals surface area contributed by atoms with Crippen molar-refractivity contribution in [3.8, 4) is 0 Å². The fourth-order valence-corrected chi connectivity index (χ4v) is 2.50. The number of aromatic nitrogens is 1. The highest BCUT2D eigenvalue weighted by atomic mass is 16.5. The molecular formula is C15H16N2O4. The SMILES string of the molecule is O=C(O)CC(NC(=O)Cc1noc2ccccc12)C1CC1. The topological polar surface area (TPSA) is 92.4 Å². The molecule has 2 N–H and O–H groups in total. The summed E-state index contributed by atoms with van der Waals surface area (Å²) < 4.78 is 5.16. The van der Waals surface area contributed by atoms with Crippen LogP contribution in [0.5, 0.6) is 0 Å². The molecule has 1 aliphatic rings. The van der Waals surface area contributed by atoms with Crippen LogP contribution in [0.3, 0.4) is 0 Å². The number of amides is 1. The van der Waals surface area contributed by atoms with Crippen molar-refractivity contribution in [2.45, 2.75) is 31.7 Å². The second-order valence-corrected chi connectivity index (χ2v) is 5.41. The Morgan fingerprint density at radius 2 is 2.14 bits per heavy atom. The van der Waals surface area contributed by atoms with Gasteiger partial charge in [0.05, 0.1) is 12.8 Å². The van der Waals surface area contributed by atoms with Crippen LogP contribution < -0.4 is 5.32 Å². The Bertz CT molecular complexity index is 675. The lowest BCUT2D eigenvalue weighted by atomic mass is 10.1. The average molecular weight is 288 g/mol. The third kappa shape index (κ3) is 3.21. The fourth-order valence-electron chi connectivity index (χ4n) is 2.50. The molecule has 21 heavy (non-hydrogen) atoms. The molecule has 1 aliphatic carbocycles. The van der Waals surface area contributed by atoms with Gasteiger partial charge >= 0.3 is 5.97 Å². The molecule has 1 aromatic heterocycles. The zero-order valence-corrected chi connectivity index (χ0v) is 11.4. The maximum absolute atomic E-state index is 12.1. The first kappa shape index (κ1) is 13.6. The van der Waals surface area contributed by atoms with Crippen LogP contribution in [0, 0.1) is 5.92 Å². The van der Waals surface area contributed by atoms with Crippen LogP contribution in [-0.2, 0) is 16.0 Å². The lowest BCUT2D eigenvalue weighted by Crippen LogP contribution is -2.39. The predicted molar refractivity (Wildman–Crippen MR) is 74.6 cm³/mol. The van der Waals surface area contributed by atoms with E-state index in [0.29, 0.717) is 17.2 Å². The molecule has 110 valence electrons. The minimum Gasteiger partial charge on any atom is -0.481 e. The van der Waals surface area contributed by atoms with Gasteiger partial charge in [0.15, 0.2) is 5.58 Å². The molecular weight excluding hydrogens is 272 g/mol. The van der Waals surface area contributed by atoms with Gasteiger partial charge in [-0.05, 0) is 30.9 Å². The number of carbonyl (C=O) groups excluding carboxylic acids is 1. The van der Waals surface area contributed by atoms with E-state index in [-0.39, 0.29) is 24.8 Å². The number of carbonyl (C=O) groups is 2. The molecule has 6 nitrogen and oxygen atoms in total. The number of nitrogens with zero attached hydrogens (tertiary/aromatic N) is 1. The normalized spacial score (nSPS) is 15.8. The van der Waals surface area contributed by atoms with Crippen molar-refractivity contribution in [1.82, 2.24) is 10.5 Å². The number of hydrogen-bond acceptors (Lipinski definition) is 4. The number of aliphatic carboxylic acids is 1. The summed E-state index contributed by atoms with van der Waals surface area (Å²) in [5, 5.41) is 16.4. The highest BCUT2D eigenvalue weighted by molar-refractivity contribution is 5.86. The van der Waals surface area contributed by atoms with Crippen LogP contribution in [0.4, 0.5) is 0 Å². The molecule has 2 aromatic rings. The molecule has 1 saturated carbocycles. The van der Waals surface area contributed by atoms with Crippen LogP contribution in [0.25, 0.3) is 11.0 Å². The highest BCUT2D eigenvalue weighted by Gasteiger charge is 2.33. The number of benzene rings is 1. The van der Waals surface area contributed by atoms with E-state index in [0.717, 1.165) is 18.2 Å². The van der Waals surface area contributed by atoms with Crippen LogP contribution in [0.15, 0.2) is 28.8 Å². The summed E-state index contributed by atoms with van der Waals surface area (Å²) in [6.45, 7) is 0. The van der Waals surface area contributed by atoms with Crippen molar-refractivity contribution < 1.29 is 19.2 Å². The van der Waals surface area contributed by atoms with Crippen molar-refractivity contribution in [3.05, 3.63) is 30.0 Å². The predicted octanol–water partition coefficient (Wildman–Crippen LogP) is 1.74. The number of nitrogens with one attached hydrogen (secondary N) is 1. The highest BCUT2D eigenvalue weighted by Crippen LogP contribution is 2.34. The van der Waals surface area contributed by atoms with Gasteiger partial charge in [-0.2, -0.15) is 0 Å². The van der Waals surface area contributed by atoms with Gasteiger partial charge in [-0.3, -0.25) is 9.59 Å². The van der Waals surface area contributed by atoms with E-state index in [9.17, 15) is 9.59 Å². The van der Waals surface area contributed by atoms with Crippen LogP contribution in [-0.4, -0.2) is 28.2 Å².